The average Bonchev–Trinajstić information content (AvgIpc) is 2.82. The molecule has 1 aromatic carbocycles. The van der Waals surface area contributed by atoms with E-state index in [1.165, 1.54) is 18.2 Å². The summed E-state index contributed by atoms with van der Waals surface area (Å²) in [6.07, 6.45) is 1.83. The number of nitrogens with zero attached hydrogens (tertiary/aromatic N) is 2. The molecule has 0 bridgehead atoms. The van der Waals surface area contributed by atoms with Crippen molar-refractivity contribution < 1.29 is 8.42 Å². The van der Waals surface area contributed by atoms with Gasteiger partial charge < -0.3 is 4.57 Å². The molecule has 2 aromatic rings. The van der Waals surface area contributed by atoms with E-state index < -0.39 is 10.0 Å². The van der Waals surface area contributed by atoms with Gasteiger partial charge in [-0.25, -0.2) is 13.1 Å². The summed E-state index contributed by atoms with van der Waals surface area (Å²) >= 11 is 5.90. The lowest BCUT2D eigenvalue weighted by atomic mass is 10.2. The van der Waals surface area contributed by atoms with E-state index in [0.29, 0.717) is 0 Å². The molecule has 0 saturated carbocycles. The number of benzene rings is 1. The number of nitrogens with one attached hydrogen (secondary N) is 1. The van der Waals surface area contributed by atoms with Gasteiger partial charge in [0, 0.05) is 18.9 Å². The number of hydrogen-bond donors (Lipinski definition) is 1. The summed E-state index contributed by atoms with van der Waals surface area (Å²) in [4.78, 5) is -0.0903. The predicted molar refractivity (Wildman–Crippen MR) is 75.6 cm³/mol. The summed E-state index contributed by atoms with van der Waals surface area (Å²) in [7, 11) is -1.94. The van der Waals surface area contributed by atoms with Gasteiger partial charge in [0.15, 0.2) is 0 Å². The van der Waals surface area contributed by atoms with E-state index in [9.17, 15) is 8.42 Å². The Hall–Kier alpha value is -1.81. The highest BCUT2D eigenvalue weighted by atomic mass is 35.5. The summed E-state index contributed by atoms with van der Waals surface area (Å²) in [5.74, 6) is 0. The number of rotatable bonds is 4. The molecule has 1 aromatic heterocycles. The van der Waals surface area contributed by atoms with Gasteiger partial charge in [-0.05, 0) is 30.3 Å². The molecule has 5 nitrogen and oxygen atoms in total. The molecule has 0 radical (unpaired) electrons. The Morgan fingerprint density at radius 2 is 2.15 bits per heavy atom. The Morgan fingerprint density at radius 1 is 1.40 bits per heavy atom. The van der Waals surface area contributed by atoms with Crippen LogP contribution in [-0.4, -0.2) is 13.0 Å². The van der Waals surface area contributed by atoms with Gasteiger partial charge >= 0.3 is 0 Å². The van der Waals surface area contributed by atoms with Crippen LogP contribution < -0.4 is 4.72 Å². The van der Waals surface area contributed by atoms with E-state index >= 15 is 0 Å². The molecule has 0 saturated heterocycles. The van der Waals surface area contributed by atoms with E-state index in [-0.39, 0.29) is 22.0 Å². The zero-order chi connectivity index (χ0) is 14.8. The third-order valence-corrected chi connectivity index (χ3v) is 4.73. The van der Waals surface area contributed by atoms with Crippen molar-refractivity contribution in [3.05, 3.63) is 52.8 Å². The highest BCUT2D eigenvalue weighted by Gasteiger charge is 2.18. The van der Waals surface area contributed by atoms with E-state index in [2.05, 4.69) is 4.72 Å². The van der Waals surface area contributed by atoms with Crippen LogP contribution in [0.2, 0.25) is 5.02 Å². The van der Waals surface area contributed by atoms with E-state index in [1.807, 2.05) is 36.0 Å². The molecule has 1 N–H and O–H groups in total. The average molecular weight is 310 g/mol. The Balaban J connectivity index is 2.27. The molecule has 104 valence electrons. The molecule has 2 rings (SSSR count). The van der Waals surface area contributed by atoms with Crippen LogP contribution in [0.3, 0.4) is 0 Å². The third-order valence-electron chi connectivity index (χ3n) is 2.84. The van der Waals surface area contributed by atoms with Gasteiger partial charge in [-0.3, -0.25) is 0 Å². The maximum atomic E-state index is 12.2. The quantitative estimate of drug-likeness (QED) is 0.939. The number of aromatic nitrogens is 1. The van der Waals surface area contributed by atoms with Gasteiger partial charge in [0.05, 0.1) is 23.2 Å². The molecular weight excluding hydrogens is 298 g/mol. The Morgan fingerprint density at radius 3 is 2.75 bits per heavy atom. The van der Waals surface area contributed by atoms with Crippen LogP contribution in [0.5, 0.6) is 0 Å². The van der Waals surface area contributed by atoms with Gasteiger partial charge in [-0.2, -0.15) is 5.26 Å². The molecular formula is C13H12ClN3O2S. The minimum absolute atomic E-state index is 0.0865. The standard InChI is InChI=1S/C13H12ClN3O2S/c1-17-6-2-3-11(17)9-16-20(18,19)13-7-10(8-15)4-5-12(13)14/h2-7,16H,9H2,1H3. The maximum Gasteiger partial charge on any atom is 0.242 e. The molecule has 0 spiro atoms. The van der Waals surface area contributed by atoms with E-state index in [4.69, 9.17) is 16.9 Å². The highest BCUT2D eigenvalue weighted by molar-refractivity contribution is 7.89. The minimum atomic E-state index is -3.76. The zero-order valence-electron chi connectivity index (χ0n) is 10.7. The molecule has 0 atom stereocenters. The Bertz CT molecular complexity index is 775. The maximum absolute atomic E-state index is 12.2. The summed E-state index contributed by atoms with van der Waals surface area (Å²) in [5.41, 5.74) is 1.06. The summed E-state index contributed by atoms with van der Waals surface area (Å²) in [5, 5.41) is 8.91. The lowest BCUT2D eigenvalue weighted by Crippen LogP contribution is -2.24. The topological polar surface area (TPSA) is 74.9 Å². The number of nitriles is 1. The molecule has 0 fully saturated rings. The first kappa shape index (κ1) is 14.6. The number of sulfonamides is 1. The van der Waals surface area contributed by atoms with E-state index in [1.54, 1.807) is 0 Å². The van der Waals surface area contributed by atoms with Gasteiger partial charge in [-0.1, -0.05) is 11.6 Å². The lowest BCUT2D eigenvalue weighted by Gasteiger charge is -2.09. The largest absolute Gasteiger partial charge is 0.353 e. The fraction of sp³-hybridized carbons (Fsp3) is 0.154. The molecule has 7 heteroatoms. The van der Waals surface area contributed by atoms with Crippen molar-refractivity contribution in [2.75, 3.05) is 0 Å². The number of halogens is 1. The SMILES string of the molecule is Cn1cccc1CNS(=O)(=O)c1cc(C#N)ccc1Cl. The summed E-state index contributed by atoms with van der Waals surface area (Å²) in [6.45, 7) is 0.152. The fourth-order valence-electron chi connectivity index (χ4n) is 1.71. The van der Waals surface area contributed by atoms with Crippen molar-refractivity contribution in [2.45, 2.75) is 11.4 Å². The molecule has 0 aliphatic carbocycles. The van der Waals surface area contributed by atoms with Gasteiger partial charge in [0.2, 0.25) is 10.0 Å². The van der Waals surface area contributed by atoms with Crippen molar-refractivity contribution in [3.63, 3.8) is 0 Å². The Labute approximate surface area is 122 Å². The van der Waals surface area contributed by atoms with Crippen LogP contribution in [0.1, 0.15) is 11.3 Å². The monoisotopic (exact) mass is 309 g/mol. The molecule has 1 heterocycles. The Kier molecular flexibility index (Phi) is 4.14. The van der Waals surface area contributed by atoms with E-state index in [0.717, 1.165) is 5.69 Å². The van der Waals surface area contributed by atoms with Crippen molar-refractivity contribution in [1.82, 2.24) is 9.29 Å². The highest BCUT2D eigenvalue weighted by Crippen LogP contribution is 2.22. The van der Waals surface area contributed by atoms with Crippen LogP contribution in [0.25, 0.3) is 0 Å². The number of aryl methyl sites for hydroxylation is 1. The fourth-order valence-corrected chi connectivity index (χ4v) is 3.23. The van der Waals surface area contributed by atoms with Crippen LogP contribution in [0.15, 0.2) is 41.4 Å². The van der Waals surface area contributed by atoms with Gasteiger partial charge in [-0.15, -0.1) is 0 Å². The number of hydrogen-bond acceptors (Lipinski definition) is 3. The van der Waals surface area contributed by atoms with Crippen molar-refractivity contribution in [2.24, 2.45) is 7.05 Å². The van der Waals surface area contributed by atoms with Crippen molar-refractivity contribution in [1.29, 1.82) is 5.26 Å². The van der Waals surface area contributed by atoms with Crippen molar-refractivity contribution >= 4 is 21.6 Å². The first-order valence-electron chi connectivity index (χ1n) is 5.73. The van der Waals surface area contributed by atoms with Crippen LogP contribution in [-0.2, 0) is 23.6 Å². The molecule has 0 amide bonds. The first-order chi connectivity index (χ1) is 9.44. The molecule has 0 aliphatic rings. The summed E-state index contributed by atoms with van der Waals surface area (Å²) in [6, 6.07) is 9.66. The second-order valence-corrected chi connectivity index (χ2v) is 6.33. The minimum Gasteiger partial charge on any atom is -0.353 e. The van der Waals surface area contributed by atoms with Gasteiger partial charge in [0.1, 0.15) is 4.90 Å². The van der Waals surface area contributed by atoms with Gasteiger partial charge in [0.25, 0.3) is 0 Å². The van der Waals surface area contributed by atoms with Crippen LogP contribution in [0, 0.1) is 11.3 Å². The van der Waals surface area contributed by atoms with Crippen molar-refractivity contribution in [3.8, 4) is 6.07 Å². The smallest absolute Gasteiger partial charge is 0.242 e. The molecule has 0 aliphatic heterocycles. The second kappa shape index (κ2) is 5.67. The zero-order valence-corrected chi connectivity index (χ0v) is 12.2. The molecule has 20 heavy (non-hydrogen) atoms. The third kappa shape index (κ3) is 3.02. The predicted octanol–water partition coefficient (Wildman–Crippen LogP) is 2.03. The van der Waals surface area contributed by atoms with Crippen LogP contribution >= 0.6 is 11.6 Å². The molecule has 0 unspecified atom stereocenters. The van der Waals surface area contributed by atoms with Crippen LogP contribution in [0.4, 0.5) is 0 Å². The first-order valence-corrected chi connectivity index (χ1v) is 7.59. The normalized spacial score (nSPS) is 11.2. The second-order valence-electron chi connectivity index (χ2n) is 4.19. The summed E-state index contributed by atoms with van der Waals surface area (Å²) < 4.78 is 28.7. The lowest BCUT2D eigenvalue weighted by molar-refractivity contribution is 0.579.